The zero-order valence-electron chi connectivity index (χ0n) is 13.1. The van der Waals surface area contributed by atoms with E-state index < -0.39 is 11.2 Å². The molecule has 7 heteroatoms. The molecule has 7 nitrogen and oxygen atoms in total. The summed E-state index contributed by atoms with van der Waals surface area (Å²) < 4.78 is 21.7. The number of benzene rings is 2. The molecule has 1 saturated heterocycles. The Bertz CT molecular complexity index is 713. The summed E-state index contributed by atoms with van der Waals surface area (Å²) in [4.78, 5) is 11.0. The molecule has 2 aromatic carbocycles. The lowest BCUT2D eigenvalue weighted by Crippen LogP contribution is -2.07. The molecule has 2 aromatic rings. The summed E-state index contributed by atoms with van der Waals surface area (Å²) >= 11 is 0. The summed E-state index contributed by atoms with van der Waals surface area (Å²) in [5.74, 6) is 0.363. The average molecular weight is 331 g/mol. The van der Waals surface area contributed by atoms with E-state index >= 15 is 0 Å². The van der Waals surface area contributed by atoms with Crippen molar-refractivity contribution in [3.8, 4) is 11.5 Å². The normalized spacial score (nSPS) is 14.5. The smallest absolute Gasteiger partial charge is 0.323 e. The van der Waals surface area contributed by atoms with Crippen molar-refractivity contribution in [1.29, 1.82) is 0 Å². The van der Waals surface area contributed by atoms with Crippen molar-refractivity contribution in [3.05, 3.63) is 63.7 Å². The van der Waals surface area contributed by atoms with Gasteiger partial charge in [-0.15, -0.1) is 0 Å². The van der Waals surface area contributed by atoms with E-state index in [1.807, 2.05) is 30.3 Å². The molecule has 126 valence electrons. The van der Waals surface area contributed by atoms with Crippen LogP contribution in [0.5, 0.6) is 11.5 Å². The van der Waals surface area contributed by atoms with Gasteiger partial charge in [-0.1, -0.05) is 30.3 Å². The van der Waals surface area contributed by atoms with Crippen LogP contribution in [0.3, 0.4) is 0 Å². The molecule has 0 radical (unpaired) electrons. The van der Waals surface area contributed by atoms with Crippen LogP contribution in [0.4, 0.5) is 5.69 Å². The molecule has 1 heterocycles. The standard InChI is InChI=1S/C17H17NO6/c1-21-16-14(24-11-12-5-3-2-4-6-12)8-7-13(15(16)18(19)20)17-22-9-10-23-17/h2-8,17H,9-11H2,1H3. The number of nitrogens with zero attached hydrogens (tertiary/aromatic N) is 1. The van der Waals surface area contributed by atoms with Crippen LogP contribution in [-0.4, -0.2) is 25.2 Å². The highest BCUT2D eigenvalue weighted by Gasteiger charge is 2.32. The minimum Gasteiger partial charge on any atom is -0.488 e. The zero-order valence-corrected chi connectivity index (χ0v) is 13.1. The van der Waals surface area contributed by atoms with Gasteiger partial charge in [-0.05, 0) is 17.7 Å². The monoisotopic (exact) mass is 331 g/mol. The van der Waals surface area contributed by atoms with Crippen LogP contribution in [0.15, 0.2) is 42.5 Å². The molecule has 1 aliphatic rings. The van der Waals surface area contributed by atoms with Gasteiger partial charge in [0.2, 0.25) is 5.75 Å². The number of nitro benzene ring substituents is 1. The lowest BCUT2D eigenvalue weighted by molar-refractivity contribution is -0.387. The number of hydrogen-bond acceptors (Lipinski definition) is 6. The van der Waals surface area contributed by atoms with Crippen molar-refractivity contribution in [2.45, 2.75) is 12.9 Å². The van der Waals surface area contributed by atoms with Crippen molar-refractivity contribution in [3.63, 3.8) is 0 Å². The summed E-state index contributed by atoms with van der Waals surface area (Å²) in [5.41, 5.74) is 1.07. The largest absolute Gasteiger partial charge is 0.488 e. The van der Waals surface area contributed by atoms with Gasteiger partial charge in [0.1, 0.15) is 6.61 Å². The van der Waals surface area contributed by atoms with Crippen molar-refractivity contribution in [1.82, 2.24) is 0 Å². The van der Waals surface area contributed by atoms with Gasteiger partial charge in [0.25, 0.3) is 0 Å². The third kappa shape index (κ3) is 3.32. The Labute approximate surface area is 138 Å². The summed E-state index contributed by atoms with van der Waals surface area (Å²) in [6.45, 7) is 1.08. The molecule has 24 heavy (non-hydrogen) atoms. The van der Waals surface area contributed by atoms with Crippen LogP contribution in [0.2, 0.25) is 0 Å². The van der Waals surface area contributed by atoms with Crippen molar-refractivity contribution >= 4 is 5.69 Å². The van der Waals surface area contributed by atoms with Gasteiger partial charge < -0.3 is 18.9 Å². The van der Waals surface area contributed by atoms with E-state index in [0.29, 0.717) is 24.5 Å². The number of methoxy groups -OCH3 is 1. The fourth-order valence-electron chi connectivity index (χ4n) is 2.53. The summed E-state index contributed by atoms with van der Waals surface area (Å²) in [6.07, 6.45) is -0.762. The number of ether oxygens (including phenoxy) is 4. The first kappa shape index (κ1) is 16.2. The second kappa shape index (κ2) is 7.29. The molecule has 0 aliphatic carbocycles. The van der Waals surface area contributed by atoms with Gasteiger partial charge in [-0.25, -0.2) is 0 Å². The fourth-order valence-corrected chi connectivity index (χ4v) is 2.53. The molecule has 0 atom stereocenters. The van der Waals surface area contributed by atoms with Gasteiger partial charge >= 0.3 is 5.69 Å². The number of hydrogen-bond donors (Lipinski definition) is 0. The molecule has 0 N–H and O–H groups in total. The highest BCUT2D eigenvalue weighted by Crippen LogP contribution is 2.43. The lowest BCUT2D eigenvalue weighted by atomic mass is 10.1. The minimum absolute atomic E-state index is 0.0625. The Morgan fingerprint density at radius 2 is 1.88 bits per heavy atom. The minimum atomic E-state index is -0.762. The van der Waals surface area contributed by atoms with E-state index in [9.17, 15) is 10.1 Å². The predicted octanol–water partition coefficient (Wildman–Crippen LogP) is 3.23. The van der Waals surface area contributed by atoms with Gasteiger partial charge in [-0.3, -0.25) is 10.1 Å². The molecule has 1 fully saturated rings. The number of nitro groups is 1. The van der Waals surface area contributed by atoms with Gasteiger partial charge in [0.05, 0.1) is 30.8 Å². The fraction of sp³-hybridized carbons (Fsp3) is 0.294. The second-order valence-electron chi connectivity index (χ2n) is 5.14. The SMILES string of the molecule is COc1c(OCc2ccccc2)ccc(C2OCCO2)c1[N+](=O)[O-]. The number of rotatable bonds is 6. The maximum atomic E-state index is 11.5. The molecule has 0 aromatic heterocycles. The van der Waals surface area contributed by atoms with Crippen LogP contribution < -0.4 is 9.47 Å². The quantitative estimate of drug-likeness (QED) is 0.597. The Hall–Kier alpha value is -2.64. The predicted molar refractivity (Wildman–Crippen MR) is 85.1 cm³/mol. The molecule has 1 aliphatic heterocycles. The first-order valence-corrected chi connectivity index (χ1v) is 7.46. The van der Waals surface area contributed by atoms with Crippen molar-refractivity contribution in [2.75, 3.05) is 20.3 Å². The van der Waals surface area contributed by atoms with E-state index in [2.05, 4.69) is 0 Å². The second-order valence-corrected chi connectivity index (χ2v) is 5.14. The van der Waals surface area contributed by atoms with Gasteiger partial charge in [0, 0.05) is 0 Å². The molecular formula is C17H17NO6. The molecule has 0 unspecified atom stereocenters. The maximum absolute atomic E-state index is 11.5. The third-order valence-corrected chi connectivity index (χ3v) is 3.63. The lowest BCUT2D eigenvalue weighted by Gasteiger charge is -2.15. The molecular weight excluding hydrogens is 314 g/mol. The molecule has 3 rings (SSSR count). The molecule has 0 spiro atoms. The van der Waals surface area contributed by atoms with Gasteiger partial charge in [0.15, 0.2) is 12.0 Å². The van der Waals surface area contributed by atoms with Crippen LogP contribution in [0.25, 0.3) is 0 Å². The van der Waals surface area contributed by atoms with E-state index in [0.717, 1.165) is 5.56 Å². The Kier molecular flexibility index (Phi) is 4.93. The highest BCUT2D eigenvalue weighted by molar-refractivity contribution is 5.61. The summed E-state index contributed by atoms with van der Waals surface area (Å²) in [6, 6.07) is 12.7. The maximum Gasteiger partial charge on any atom is 0.323 e. The van der Waals surface area contributed by atoms with E-state index in [1.54, 1.807) is 12.1 Å². The Balaban J connectivity index is 1.92. The van der Waals surface area contributed by atoms with Crippen molar-refractivity contribution < 1.29 is 23.9 Å². The Morgan fingerprint density at radius 1 is 1.17 bits per heavy atom. The molecule has 0 bridgehead atoms. The zero-order chi connectivity index (χ0) is 16.9. The topological polar surface area (TPSA) is 80.1 Å². The summed E-state index contributed by atoms with van der Waals surface area (Å²) in [5, 5.41) is 11.5. The van der Waals surface area contributed by atoms with Crippen LogP contribution in [0, 0.1) is 10.1 Å². The van der Waals surface area contributed by atoms with E-state index in [-0.39, 0.29) is 18.0 Å². The van der Waals surface area contributed by atoms with Crippen molar-refractivity contribution in [2.24, 2.45) is 0 Å². The molecule has 0 saturated carbocycles. The van der Waals surface area contributed by atoms with Crippen LogP contribution in [-0.2, 0) is 16.1 Å². The first-order valence-electron chi connectivity index (χ1n) is 7.46. The van der Waals surface area contributed by atoms with Gasteiger partial charge in [-0.2, -0.15) is 0 Å². The molecule has 0 amide bonds. The third-order valence-electron chi connectivity index (χ3n) is 3.63. The summed E-state index contributed by atoms with van der Waals surface area (Å²) in [7, 11) is 1.37. The van der Waals surface area contributed by atoms with Crippen LogP contribution in [0.1, 0.15) is 17.4 Å². The highest BCUT2D eigenvalue weighted by atomic mass is 16.7. The van der Waals surface area contributed by atoms with E-state index in [4.69, 9.17) is 18.9 Å². The first-order chi connectivity index (χ1) is 11.7. The van der Waals surface area contributed by atoms with Crippen LogP contribution >= 0.6 is 0 Å². The van der Waals surface area contributed by atoms with E-state index in [1.165, 1.54) is 7.11 Å². The Morgan fingerprint density at radius 3 is 2.50 bits per heavy atom. The average Bonchev–Trinajstić information content (AvgIpc) is 3.14.